The molecule has 2 amide bonds. The molecule has 21 heavy (non-hydrogen) atoms. The molecule has 2 rings (SSSR count). The van der Waals surface area contributed by atoms with Crippen molar-refractivity contribution in [3.05, 3.63) is 69.1 Å². The van der Waals surface area contributed by atoms with Crippen LogP contribution >= 0.6 is 11.6 Å². The Morgan fingerprint density at radius 3 is 2.14 bits per heavy atom. The monoisotopic (exact) mass is 305 g/mol. The van der Waals surface area contributed by atoms with Gasteiger partial charge in [-0.25, -0.2) is 0 Å². The second-order valence-corrected chi connectivity index (χ2v) is 4.72. The van der Waals surface area contributed by atoms with E-state index in [2.05, 4.69) is 10.9 Å². The van der Waals surface area contributed by atoms with E-state index >= 15 is 0 Å². The average molecular weight is 306 g/mol. The minimum atomic E-state index is -0.574. The highest BCUT2D eigenvalue weighted by Gasteiger charge is 2.09. The van der Waals surface area contributed by atoms with E-state index in [4.69, 9.17) is 11.6 Å². The molecular weight excluding hydrogens is 294 g/mol. The van der Waals surface area contributed by atoms with Crippen molar-refractivity contribution in [2.45, 2.75) is 0 Å². The number of rotatable bonds is 2. The third-order valence-corrected chi connectivity index (χ3v) is 3.01. The van der Waals surface area contributed by atoms with Gasteiger partial charge in [-0.05, 0) is 30.3 Å². The summed E-state index contributed by atoms with van der Waals surface area (Å²) in [7, 11) is 1.58. The number of hydrogen-bond acceptors (Lipinski definition) is 3. The van der Waals surface area contributed by atoms with E-state index < -0.39 is 11.8 Å². The van der Waals surface area contributed by atoms with Gasteiger partial charge in [-0.2, -0.15) is 0 Å². The van der Waals surface area contributed by atoms with Crippen LogP contribution in [0.5, 0.6) is 0 Å². The van der Waals surface area contributed by atoms with E-state index in [1.807, 2.05) is 0 Å². The maximum Gasteiger partial charge on any atom is 0.269 e. The molecule has 7 heteroatoms. The maximum atomic E-state index is 11.8. The largest absolute Gasteiger partial charge is 0.319 e. The number of benzene rings is 1. The number of hydrogen-bond donors (Lipinski definition) is 2. The first kappa shape index (κ1) is 14.8. The van der Waals surface area contributed by atoms with Gasteiger partial charge in [0.2, 0.25) is 0 Å². The number of aryl methyl sites for hydroxylation is 1. The number of aromatic nitrogens is 1. The Balaban J connectivity index is 2.00. The highest BCUT2D eigenvalue weighted by Crippen LogP contribution is 2.09. The zero-order valence-corrected chi connectivity index (χ0v) is 11.8. The van der Waals surface area contributed by atoms with Crippen LogP contribution in [0.3, 0.4) is 0 Å². The summed E-state index contributed by atoms with van der Waals surface area (Å²) >= 11 is 5.72. The Kier molecular flexibility index (Phi) is 4.39. The van der Waals surface area contributed by atoms with Crippen molar-refractivity contribution in [3.8, 4) is 0 Å². The quantitative estimate of drug-likeness (QED) is 0.816. The van der Waals surface area contributed by atoms with Gasteiger partial charge in [-0.15, -0.1) is 0 Å². The summed E-state index contributed by atoms with van der Waals surface area (Å²) in [6.07, 6.45) is 1.47. The molecule has 0 aliphatic rings. The summed E-state index contributed by atoms with van der Waals surface area (Å²) in [5.74, 6) is -1.06. The molecule has 6 nitrogen and oxygen atoms in total. The molecule has 2 aromatic rings. The predicted octanol–water partition coefficient (Wildman–Crippen LogP) is 1.11. The predicted molar refractivity (Wildman–Crippen MR) is 78.1 cm³/mol. The summed E-state index contributed by atoms with van der Waals surface area (Å²) in [5, 5.41) is 0.510. The first-order valence-corrected chi connectivity index (χ1v) is 6.38. The summed E-state index contributed by atoms with van der Waals surface area (Å²) in [6, 6.07) is 8.86. The first-order valence-electron chi connectivity index (χ1n) is 6.00. The van der Waals surface area contributed by atoms with Crippen molar-refractivity contribution >= 4 is 23.4 Å². The fourth-order valence-corrected chi connectivity index (χ4v) is 1.67. The standard InChI is InChI=1S/C14H12ClN3O3/c1-18-7-6-10(8-12(18)19)14(21)17-16-13(20)9-2-4-11(15)5-3-9/h2-8H,1H3,(H,16,20)(H,17,21). The number of carbonyl (C=O) groups excluding carboxylic acids is 2. The van der Waals surface area contributed by atoms with Crippen molar-refractivity contribution in [1.82, 2.24) is 15.4 Å². The highest BCUT2D eigenvalue weighted by molar-refractivity contribution is 6.30. The fourth-order valence-electron chi connectivity index (χ4n) is 1.55. The van der Waals surface area contributed by atoms with E-state index in [9.17, 15) is 14.4 Å². The van der Waals surface area contributed by atoms with Crippen LogP contribution in [0, 0.1) is 0 Å². The van der Waals surface area contributed by atoms with Gasteiger partial charge >= 0.3 is 0 Å². The minimum Gasteiger partial charge on any atom is -0.319 e. The maximum absolute atomic E-state index is 11.8. The second-order valence-electron chi connectivity index (χ2n) is 4.28. The number of amides is 2. The van der Waals surface area contributed by atoms with Crippen molar-refractivity contribution in [2.75, 3.05) is 0 Å². The number of carbonyl (C=O) groups is 2. The summed E-state index contributed by atoms with van der Waals surface area (Å²) in [4.78, 5) is 35.0. The number of halogens is 1. The van der Waals surface area contributed by atoms with Crippen LogP contribution < -0.4 is 16.4 Å². The first-order chi connectivity index (χ1) is 9.97. The van der Waals surface area contributed by atoms with Crippen LogP contribution in [0.2, 0.25) is 5.02 Å². The van der Waals surface area contributed by atoms with Gasteiger partial charge in [0.25, 0.3) is 17.4 Å². The lowest BCUT2D eigenvalue weighted by Crippen LogP contribution is -2.42. The van der Waals surface area contributed by atoms with Crippen LogP contribution in [0.4, 0.5) is 0 Å². The van der Waals surface area contributed by atoms with Gasteiger partial charge in [0.1, 0.15) is 0 Å². The molecule has 0 radical (unpaired) electrons. The highest BCUT2D eigenvalue weighted by atomic mass is 35.5. The van der Waals surface area contributed by atoms with E-state index in [1.54, 1.807) is 19.2 Å². The average Bonchev–Trinajstić information content (AvgIpc) is 2.48. The molecule has 1 aromatic heterocycles. The van der Waals surface area contributed by atoms with Gasteiger partial charge < -0.3 is 4.57 Å². The Hall–Kier alpha value is -2.60. The van der Waals surface area contributed by atoms with E-state index in [-0.39, 0.29) is 11.1 Å². The summed E-state index contributed by atoms with van der Waals surface area (Å²) < 4.78 is 1.34. The zero-order chi connectivity index (χ0) is 15.4. The van der Waals surface area contributed by atoms with E-state index in [0.717, 1.165) is 0 Å². The van der Waals surface area contributed by atoms with Crippen LogP contribution in [0.25, 0.3) is 0 Å². The van der Waals surface area contributed by atoms with Crippen LogP contribution in [-0.4, -0.2) is 16.4 Å². The second kappa shape index (κ2) is 6.23. The SMILES string of the molecule is Cn1ccc(C(=O)NNC(=O)c2ccc(Cl)cc2)cc1=O. The molecule has 0 aliphatic carbocycles. The Morgan fingerprint density at radius 1 is 1.00 bits per heavy atom. The number of pyridine rings is 1. The molecule has 1 aromatic carbocycles. The topological polar surface area (TPSA) is 80.2 Å². The van der Waals surface area contributed by atoms with Crippen molar-refractivity contribution < 1.29 is 9.59 Å². The van der Waals surface area contributed by atoms with Crippen molar-refractivity contribution in [3.63, 3.8) is 0 Å². The van der Waals surface area contributed by atoms with E-state index in [0.29, 0.717) is 10.6 Å². The molecule has 0 atom stereocenters. The molecule has 1 heterocycles. The van der Waals surface area contributed by atoms with Gasteiger partial charge in [0, 0.05) is 35.5 Å². The smallest absolute Gasteiger partial charge is 0.269 e. The molecule has 0 aliphatic heterocycles. The third-order valence-electron chi connectivity index (χ3n) is 2.76. The number of hydrazine groups is 1. The Morgan fingerprint density at radius 2 is 1.57 bits per heavy atom. The van der Waals surface area contributed by atoms with Crippen molar-refractivity contribution in [1.29, 1.82) is 0 Å². The molecule has 0 unspecified atom stereocenters. The zero-order valence-electron chi connectivity index (χ0n) is 11.1. The van der Waals surface area contributed by atoms with Gasteiger partial charge in [-0.3, -0.25) is 25.2 Å². The van der Waals surface area contributed by atoms with Gasteiger partial charge in [0.05, 0.1) is 0 Å². The van der Waals surface area contributed by atoms with Crippen LogP contribution in [-0.2, 0) is 7.05 Å². The molecular formula is C14H12ClN3O3. The Bertz CT molecular complexity index is 738. The summed E-state index contributed by atoms with van der Waals surface area (Å²) in [6.45, 7) is 0. The Labute approximate surface area is 125 Å². The molecule has 2 N–H and O–H groups in total. The molecule has 0 saturated carbocycles. The normalized spacial score (nSPS) is 10.0. The van der Waals surface area contributed by atoms with Crippen LogP contribution in [0.15, 0.2) is 47.4 Å². The number of nitrogens with zero attached hydrogens (tertiary/aromatic N) is 1. The lowest BCUT2D eigenvalue weighted by Gasteiger charge is -2.07. The van der Waals surface area contributed by atoms with Crippen LogP contribution in [0.1, 0.15) is 20.7 Å². The molecule has 0 fully saturated rings. The molecule has 0 spiro atoms. The minimum absolute atomic E-state index is 0.162. The van der Waals surface area contributed by atoms with E-state index in [1.165, 1.54) is 35.0 Å². The molecule has 0 bridgehead atoms. The number of nitrogens with one attached hydrogen (secondary N) is 2. The van der Waals surface area contributed by atoms with Gasteiger partial charge in [-0.1, -0.05) is 11.6 Å². The fraction of sp³-hybridized carbons (Fsp3) is 0.0714. The lowest BCUT2D eigenvalue weighted by atomic mass is 10.2. The molecule has 108 valence electrons. The van der Waals surface area contributed by atoms with Gasteiger partial charge in [0.15, 0.2) is 0 Å². The summed E-state index contributed by atoms with van der Waals surface area (Å²) in [5.41, 5.74) is 4.70. The lowest BCUT2D eigenvalue weighted by molar-refractivity contribution is 0.0846. The molecule has 0 saturated heterocycles. The third kappa shape index (κ3) is 3.70. The van der Waals surface area contributed by atoms with Crippen molar-refractivity contribution in [2.24, 2.45) is 7.05 Å².